The SMILES string of the molecule is O=C(c1cc2c(s1)CCC2)c1c[nH]c2ccc(Cl)cc12. The number of carbonyl (C=O) groups is 1. The van der Waals surface area contributed by atoms with Gasteiger partial charge in [-0.25, -0.2) is 0 Å². The number of H-pyrrole nitrogens is 1. The first kappa shape index (κ1) is 12.2. The molecule has 0 radical (unpaired) electrons. The Morgan fingerprint density at radius 2 is 2.15 bits per heavy atom. The normalized spacial score (nSPS) is 13.8. The summed E-state index contributed by atoms with van der Waals surface area (Å²) in [7, 11) is 0. The Morgan fingerprint density at radius 1 is 1.25 bits per heavy atom. The molecule has 0 fully saturated rings. The van der Waals surface area contributed by atoms with E-state index in [9.17, 15) is 4.79 Å². The van der Waals surface area contributed by atoms with Crippen LogP contribution in [0, 0.1) is 0 Å². The summed E-state index contributed by atoms with van der Waals surface area (Å²) in [5.74, 6) is 0.0953. The largest absolute Gasteiger partial charge is 0.360 e. The second-order valence-corrected chi connectivity index (χ2v) is 6.71. The number of hydrogen-bond donors (Lipinski definition) is 1. The van der Waals surface area contributed by atoms with E-state index in [0.717, 1.165) is 28.6 Å². The molecule has 0 bridgehead atoms. The van der Waals surface area contributed by atoms with Gasteiger partial charge in [-0.1, -0.05) is 11.6 Å². The van der Waals surface area contributed by atoms with Gasteiger partial charge >= 0.3 is 0 Å². The summed E-state index contributed by atoms with van der Waals surface area (Å²) in [6, 6.07) is 7.65. The molecular formula is C16H12ClNOS. The molecule has 1 aromatic carbocycles. The summed E-state index contributed by atoms with van der Waals surface area (Å²) in [5, 5.41) is 1.55. The summed E-state index contributed by atoms with van der Waals surface area (Å²) < 4.78 is 0. The third kappa shape index (κ3) is 1.81. The van der Waals surface area contributed by atoms with Crippen LogP contribution in [0.15, 0.2) is 30.5 Å². The van der Waals surface area contributed by atoms with Crippen LogP contribution < -0.4 is 0 Å². The highest BCUT2D eigenvalue weighted by molar-refractivity contribution is 7.14. The number of thiophene rings is 1. The number of rotatable bonds is 2. The topological polar surface area (TPSA) is 32.9 Å². The first-order valence-electron chi connectivity index (χ1n) is 6.65. The van der Waals surface area contributed by atoms with Crippen molar-refractivity contribution in [2.75, 3.05) is 0 Å². The maximum atomic E-state index is 12.7. The number of aromatic amines is 1. The maximum Gasteiger partial charge on any atom is 0.205 e. The highest BCUT2D eigenvalue weighted by atomic mass is 35.5. The Balaban J connectivity index is 1.81. The zero-order valence-corrected chi connectivity index (χ0v) is 12.3. The molecule has 1 N–H and O–H groups in total. The Labute approximate surface area is 125 Å². The van der Waals surface area contributed by atoms with E-state index in [1.165, 1.54) is 16.9 Å². The molecule has 2 heterocycles. The molecule has 4 heteroatoms. The van der Waals surface area contributed by atoms with Crippen LogP contribution in [-0.4, -0.2) is 10.8 Å². The predicted octanol–water partition coefficient (Wildman–Crippen LogP) is 4.60. The smallest absolute Gasteiger partial charge is 0.205 e. The molecule has 1 aliphatic carbocycles. The minimum atomic E-state index is 0.0953. The summed E-state index contributed by atoms with van der Waals surface area (Å²) in [6.07, 6.45) is 5.23. The molecule has 20 heavy (non-hydrogen) atoms. The fourth-order valence-corrected chi connectivity index (χ4v) is 4.23. The van der Waals surface area contributed by atoms with Gasteiger partial charge in [0.05, 0.1) is 4.88 Å². The predicted molar refractivity (Wildman–Crippen MR) is 83.1 cm³/mol. The van der Waals surface area contributed by atoms with Gasteiger partial charge in [0.1, 0.15) is 0 Å². The number of aryl methyl sites for hydroxylation is 2. The van der Waals surface area contributed by atoms with Crippen LogP contribution in [0.1, 0.15) is 32.1 Å². The molecule has 1 aliphatic rings. The van der Waals surface area contributed by atoms with Gasteiger partial charge in [-0.05, 0) is 49.1 Å². The van der Waals surface area contributed by atoms with E-state index in [2.05, 4.69) is 11.1 Å². The zero-order chi connectivity index (χ0) is 13.7. The molecule has 4 rings (SSSR count). The van der Waals surface area contributed by atoms with Crippen molar-refractivity contribution in [2.45, 2.75) is 19.3 Å². The van der Waals surface area contributed by atoms with Crippen LogP contribution in [0.3, 0.4) is 0 Å². The lowest BCUT2D eigenvalue weighted by Crippen LogP contribution is -1.97. The van der Waals surface area contributed by atoms with E-state index in [4.69, 9.17) is 11.6 Å². The number of aromatic nitrogens is 1. The number of fused-ring (bicyclic) bond motifs is 2. The summed E-state index contributed by atoms with van der Waals surface area (Å²) >= 11 is 7.68. The van der Waals surface area contributed by atoms with E-state index < -0.39 is 0 Å². The van der Waals surface area contributed by atoms with E-state index in [1.54, 1.807) is 17.5 Å². The fraction of sp³-hybridized carbons (Fsp3) is 0.188. The van der Waals surface area contributed by atoms with Crippen molar-refractivity contribution in [1.29, 1.82) is 0 Å². The Morgan fingerprint density at radius 3 is 3.00 bits per heavy atom. The fourth-order valence-electron chi connectivity index (χ4n) is 2.85. The van der Waals surface area contributed by atoms with Crippen LogP contribution in [0.2, 0.25) is 5.02 Å². The van der Waals surface area contributed by atoms with Crippen LogP contribution in [0.5, 0.6) is 0 Å². The summed E-state index contributed by atoms with van der Waals surface area (Å²) in [6.45, 7) is 0. The number of hydrogen-bond acceptors (Lipinski definition) is 2. The van der Waals surface area contributed by atoms with Crippen LogP contribution >= 0.6 is 22.9 Å². The second kappa shape index (κ2) is 4.47. The van der Waals surface area contributed by atoms with Crippen molar-refractivity contribution in [3.63, 3.8) is 0 Å². The lowest BCUT2D eigenvalue weighted by molar-refractivity contribution is 0.104. The van der Waals surface area contributed by atoms with Gasteiger partial charge in [-0.15, -0.1) is 11.3 Å². The van der Waals surface area contributed by atoms with E-state index in [-0.39, 0.29) is 5.78 Å². The standard InChI is InChI=1S/C16H12ClNOS/c17-10-4-5-13-11(7-10)12(8-18-13)16(19)15-6-9-2-1-3-14(9)20-15/h4-8,18H,1-3H2. The average Bonchev–Trinajstić information content (AvgIpc) is 3.10. The number of benzene rings is 1. The number of nitrogens with one attached hydrogen (secondary N) is 1. The molecule has 0 saturated carbocycles. The van der Waals surface area contributed by atoms with Gasteiger partial charge in [0.25, 0.3) is 0 Å². The third-order valence-electron chi connectivity index (χ3n) is 3.86. The highest BCUT2D eigenvalue weighted by Crippen LogP contribution is 2.33. The Kier molecular flexibility index (Phi) is 2.72. The van der Waals surface area contributed by atoms with E-state index in [1.807, 2.05) is 18.2 Å². The van der Waals surface area contributed by atoms with Crippen molar-refractivity contribution >= 4 is 39.6 Å². The van der Waals surface area contributed by atoms with Gasteiger partial charge in [-0.2, -0.15) is 0 Å². The van der Waals surface area contributed by atoms with Crippen molar-refractivity contribution in [1.82, 2.24) is 4.98 Å². The van der Waals surface area contributed by atoms with Gasteiger partial charge < -0.3 is 4.98 Å². The molecule has 0 spiro atoms. The minimum Gasteiger partial charge on any atom is -0.360 e. The van der Waals surface area contributed by atoms with Crippen molar-refractivity contribution in [3.8, 4) is 0 Å². The first-order valence-corrected chi connectivity index (χ1v) is 7.85. The molecule has 2 aromatic heterocycles. The average molecular weight is 302 g/mol. The van der Waals surface area contributed by atoms with Gasteiger partial charge in [-0.3, -0.25) is 4.79 Å². The molecule has 100 valence electrons. The quantitative estimate of drug-likeness (QED) is 0.689. The van der Waals surface area contributed by atoms with Crippen LogP contribution in [0.4, 0.5) is 0 Å². The van der Waals surface area contributed by atoms with Gasteiger partial charge in [0.15, 0.2) is 0 Å². The van der Waals surface area contributed by atoms with Gasteiger partial charge in [0, 0.05) is 32.6 Å². The molecule has 0 unspecified atom stereocenters. The maximum absolute atomic E-state index is 12.7. The zero-order valence-electron chi connectivity index (χ0n) is 10.7. The minimum absolute atomic E-state index is 0.0953. The van der Waals surface area contributed by atoms with Gasteiger partial charge in [0.2, 0.25) is 5.78 Å². The lowest BCUT2D eigenvalue weighted by atomic mass is 10.1. The van der Waals surface area contributed by atoms with E-state index >= 15 is 0 Å². The van der Waals surface area contributed by atoms with Crippen molar-refractivity contribution < 1.29 is 4.79 Å². The lowest BCUT2D eigenvalue weighted by Gasteiger charge is -1.97. The first-order chi connectivity index (χ1) is 9.72. The van der Waals surface area contributed by atoms with Crippen LogP contribution in [-0.2, 0) is 12.8 Å². The van der Waals surface area contributed by atoms with Crippen LogP contribution in [0.25, 0.3) is 10.9 Å². The molecule has 0 atom stereocenters. The molecule has 0 saturated heterocycles. The Hall–Kier alpha value is -1.58. The molecule has 0 aliphatic heterocycles. The monoisotopic (exact) mass is 301 g/mol. The number of carbonyl (C=O) groups excluding carboxylic acids is 1. The summed E-state index contributed by atoms with van der Waals surface area (Å²) in [4.78, 5) is 18.1. The molecular weight excluding hydrogens is 290 g/mol. The molecule has 3 aromatic rings. The second-order valence-electron chi connectivity index (χ2n) is 5.13. The molecule has 2 nitrogen and oxygen atoms in total. The van der Waals surface area contributed by atoms with Crippen molar-refractivity contribution in [3.05, 3.63) is 56.4 Å². The number of halogens is 1. The summed E-state index contributed by atoms with van der Waals surface area (Å²) in [5.41, 5.74) is 3.01. The Bertz CT molecular complexity index is 809. The highest BCUT2D eigenvalue weighted by Gasteiger charge is 2.21. The third-order valence-corrected chi connectivity index (χ3v) is 5.33. The van der Waals surface area contributed by atoms with Crippen molar-refractivity contribution in [2.24, 2.45) is 0 Å². The molecule has 0 amide bonds. The number of ketones is 1. The van der Waals surface area contributed by atoms with E-state index in [0.29, 0.717) is 10.6 Å².